The van der Waals surface area contributed by atoms with Crippen LogP contribution in [0.4, 0.5) is 4.79 Å². The Morgan fingerprint density at radius 3 is 2.89 bits per heavy atom. The molecule has 1 saturated heterocycles. The summed E-state index contributed by atoms with van der Waals surface area (Å²) in [6.07, 6.45) is 3.00. The second kappa shape index (κ2) is 7.14. The SMILES string of the molecule is NCC[C@@H]1CCCN(C(=O)OCc2ccccc2)C1. The van der Waals surface area contributed by atoms with Crippen LogP contribution >= 0.6 is 0 Å². The molecule has 0 bridgehead atoms. The zero-order valence-corrected chi connectivity index (χ0v) is 11.3. The van der Waals surface area contributed by atoms with Crippen molar-refractivity contribution in [2.45, 2.75) is 25.9 Å². The zero-order valence-electron chi connectivity index (χ0n) is 11.3. The van der Waals surface area contributed by atoms with Gasteiger partial charge in [0.2, 0.25) is 0 Å². The highest BCUT2D eigenvalue weighted by molar-refractivity contribution is 5.67. The summed E-state index contributed by atoms with van der Waals surface area (Å²) in [5, 5.41) is 0. The first-order chi connectivity index (χ1) is 9.29. The molecule has 104 valence electrons. The maximum Gasteiger partial charge on any atom is 0.410 e. The van der Waals surface area contributed by atoms with Crippen LogP contribution in [0.3, 0.4) is 0 Å². The van der Waals surface area contributed by atoms with Crippen LogP contribution in [0.2, 0.25) is 0 Å². The summed E-state index contributed by atoms with van der Waals surface area (Å²) in [4.78, 5) is 13.8. The summed E-state index contributed by atoms with van der Waals surface area (Å²) >= 11 is 0. The van der Waals surface area contributed by atoms with E-state index in [1.165, 1.54) is 6.42 Å². The first-order valence-corrected chi connectivity index (χ1v) is 6.95. The van der Waals surface area contributed by atoms with Crippen molar-refractivity contribution in [2.24, 2.45) is 11.7 Å². The monoisotopic (exact) mass is 262 g/mol. The molecule has 2 rings (SSSR count). The van der Waals surface area contributed by atoms with Gasteiger partial charge in [-0.3, -0.25) is 0 Å². The van der Waals surface area contributed by atoms with Crippen molar-refractivity contribution in [2.75, 3.05) is 19.6 Å². The van der Waals surface area contributed by atoms with E-state index in [2.05, 4.69) is 0 Å². The van der Waals surface area contributed by atoms with E-state index in [1.807, 2.05) is 35.2 Å². The lowest BCUT2D eigenvalue weighted by atomic mass is 9.95. The van der Waals surface area contributed by atoms with Gasteiger partial charge in [0.15, 0.2) is 0 Å². The number of carbonyl (C=O) groups excluding carboxylic acids is 1. The molecule has 0 radical (unpaired) electrons. The van der Waals surface area contributed by atoms with Crippen molar-refractivity contribution in [3.05, 3.63) is 35.9 Å². The highest BCUT2D eigenvalue weighted by atomic mass is 16.6. The lowest BCUT2D eigenvalue weighted by Gasteiger charge is -2.31. The average Bonchev–Trinajstić information content (AvgIpc) is 2.46. The maximum atomic E-state index is 12.0. The summed E-state index contributed by atoms with van der Waals surface area (Å²) < 4.78 is 5.35. The predicted octanol–water partition coefficient (Wildman–Crippen LogP) is 2.38. The molecule has 1 fully saturated rings. The molecule has 2 N–H and O–H groups in total. The number of piperidine rings is 1. The zero-order chi connectivity index (χ0) is 13.5. The number of rotatable bonds is 4. The van der Waals surface area contributed by atoms with E-state index in [4.69, 9.17) is 10.5 Å². The van der Waals surface area contributed by atoms with Gasteiger partial charge in [-0.25, -0.2) is 4.79 Å². The van der Waals surface area contributed by atoms with Gasteiger partial charge in [-0.1, -0.05) is 30.3 Å². The van der Waals surface area contributed by atoms with E-state index in [1.54, 1.807) is 0 Å². The molecular weight excluding hydrogens is 240 g/mol. The molecule has 0 aromatic heterocycles. The largest absolute Gasteiger partial charge is 0.445 e. The topological polar surface area (TPSA) is 55.6 Å². The predicted molar refractivity (Wildman–Crippen MR) is 74.6 cm³/mol. The number of benzene rings is 1. The normalized spacial score (nSPS) is 19.2. The number of ether oxygens (including phenoxy) is 1. The van der Waals surface area contributed by atoms with E-state index >= 15 is 0 Å². The van der Waals surface area contributed by atoms with Gasteiger partial charge in [0.25, 0.3) is 0 Å². The number of amides is 1. The van der Waals surface area contributed by atoms with Crippen molar-refractivity contribution >= 4 is 6.09 Å². The second-order valence-corrected chi connectivity index (χ2v) is 5.07. The van der Waals surface area contributed by atoms with E-state index in [0.717, 1.165) is 31.5 Å². The van der Waals surface area contributed by atoms with Crippen molar-refractivity contribution in [1.82, 2.24) is 4.90 Å². The number of hydrogen-bond donors (Lipinski definition) is 1. The molecule has 4 nitrogen and oxygen atoms in total. The Labute approximate surface area is 114 Å². The summed E-state index contributed by atoms with van der Waals surface area (Å²) in [6, 6.07) is 9.76. The molecule has 19 heavy (non-hydrogen) atoms. The Balaban J connectivity index is 1.79. The van der Waals surface area contributed by atoms with Crippen LogP contribution < -0.4 is 5.73 Å². The molecule has 1 aromatic carbocycles. The van der Waals surface area contributed by atoms with Crippen LogP contribution in [0.25, 0.3) is 0 Å². The standard InChI is InChI=1S/C15H22N2O2/c16-9-8-13-7-4-10-17(11-13)15(18)19-12-14-5-2-1-3-6-14/h1-3,5-6,13H,4,7-12,16H2/t13-/m0/s1. The van der Waals surface area contributed by atoms with Gasteiger partial charge in [0.05, 0.1) is 0 Å². The summed E-state index contributed by atoms with van der Waals surface area (Å²) in [5.74, 6) is 0.531. The molecule has 1 aliphatic heterocycles. The quantitative estimate of drug-likeness (QED) is 0.906. The molecule has 0 spiro atoms. The fourth-order valence-corrected chi connectivity index (χ4v) is 2.51. The van der Waals surface area contributed by atoms with Crippen LogP contribution in [0.1, 0.15) is 24.8 Å². The maximum absolute atomic E-state index is 12.0. The van der Waals surface area contributed by atoms with Gasteiger partial charge >= 0.3 is 6.09 Å². The fourth-order valence-electron chi connectivity index (χ4n) is 2.51. The molecule has 1 amide bonds. The van der Waals surface area contributed by atoms with Crippen LogP contribution in [0, 0.1) is 5.92 Å². The van der Waals surface area contributed by atoms with Crippen molar-refractivity contribution in [3.8, 4) is 0 Å². The third-order valence-electron chi connectivity index (χ3n) is 3.56. The van der Waals surface area contributed by atoms with E-state index in [-0.39, 0.29) is 6.09 Å². The molecule has 0 saturated carbocycles. The van der Waals surface area contributed by atoms with Gasteiger partial charge in [-0.15, -0.1) is 0 Å². The molecular formula is C15H22N2O2. The Hall–Kier alpha value is -1.55. The molecule has 0 aliphatic carbocycles. The number of hydrogen-bond acceptors (Lipinski definition) is 3. The van der Waals surface area contributed by atoms with E-state index in [9.17, 15) is 4.79 Å². The first kappa shape index (κ1) is 13.9. The Bertz CT molecular complexity index is 392. The van der Waals surface area contributed by atoms with Crippen LogP contribution in [-0.4, -0.2) is 30.6 Å². The van der Waals surface area contributed by atoms with Crippen LogP contribution in [0.5, 0.6) is 0 Å². The lowest BCUT2D eigenvalue weighted by molar-refractivity contribution is 0.0783. The molecule has 4 heteroatoms. The highest BCUT2D eigenvalue weighted by Gasteiger charge is 2.23. The number of nitrogens with zero attached hydrogens (tertiary/aromatic N) is 1. The van der Waals surface area contributed by atoms with Gasteiger partial charge in [-0.05, 0) is 37.3 Å². The Kier molecular flexibility index (Phi) is 5.21. The van der Waals surface area contributed by atoms with E-state index < -0.39 is 0 Å². The summed E-state index contributed by atoms with van der Waals surface area (Å²) in [7, 11) is 0. The Morgan fingerprint density at radius 2 is 2.16 bits per heavy atom. The molecule has 1 aromatic rings. The Morgan fingerprint density at radius 1 is 1.37 bits per heavy atom. The number of likely N-dealkylation sites (tertiary alicyclic amines) is 1. The van der Waals surface area contributed by atoms with Gasteiger partial charge in [0.1, 0.15) is 6.61 Å². The minimum Gasteiger partial charge on any atom is -0.445 e. The highest BCUT2D eigenvalue weighted by Crippen LogP contribution is 2.19. The first-order valence-electron chi connectivity index (χ1n) is 6.95. The lowest BCUT2D eigenvalue weighted by Crippen LogP contribution is -2.40. The van der Waals surface area contributed by atoms with Gasteiger partial charge in [0, 0.05) is 13.1 Å². The molecule has 0 unspecified atom stereocenters. The van der Waals surface area contributed by atoms with Gasteiger partial charge in [-0.2, -0.15) is 0 Å². The molecule has 1 atom stereocenters. The van der Waals surface area contributed by atoms with Crippen LogP contribution in [-0.2, 0) is 11.3 Å². The minimum atomic E-state index is -0.203. The molecule has 1 aliphatic rings. The van der Waals surface area contributed by atoms with Crippen LogP contribution in [0.15, 0.2) is 30.3 Å². The molecule has 1 heterocycles. The van der Waals surface area contributed by atoms with Crippen molar-refractivity contribution in [3.63, 3.8) is 0 Å². The number of carbonyl (C=O) groups is 1. The van der Waals surface area contributed by atoms with Crippen molar-refractivity contribution in [1.29, 1.82) is 0 Å². The smallest absolute Gasteiger partial charge is 0.410 e. The summed E-state index contributed by atoms with van der Waals surface area (Å²) in [6.45, 7) is 2.62. The number of nitrogens with two attached hydrogens (primary N) is 1. The fraction of sp³-hybridized carbons (Fsp3) is 0.533. The minimum absolute atomic E-state index is 0.203. The average molecular weight is 262 g/mol. The second-order valence-electron chi connectivity index (χ2n) is 5.07. The van der Waals surface area contributed by atoms with Crippen molar-refractivity contribution < 1.29 is 9.53 Å². The third kappa shape index (κ3) is 4.24. The third-order valence-corrected chi connectivity index (χ3v) is 3.56. The van der Waals surface area contributed by atoms with Gasteiger partial charge < -0.3 is 15.4 Å². The van der Waals surface area contributed by atoms with E-state index in [0.29, 0.717) is 19.1 Å². The summed E-state index contributed by atoms with van der Waals surface area (Å²) in [5.41, 5.74) is 6.60.